The summed E-state index contributed by atoms with van der Waals surface area (Å²) in [6, 6.07) is 13.2. The molecule has 154 valence electrons. The first kappa shape index (κ1) is 19.6. The standard InChI is InChI=1S/C22H22N4O4/c1-14-8-10-17-16(12-14)21(28)25(2)22-24-23-19(26(17)22)13-30-20(27)11-9-15-6-4-5-7-18(15)29-3/h4-8,10,12H,9,11,13H2,1-3H3. The van der Waals surface area contributed by atoms with E-state index in [4.69, 9.17) is 9.47 Å². The molecular formula is C22H22N4O4. The second-order valence-electron chi connectivity index (χ2n) is 7.11. The van der Waals surface area contributed by atoms with Crippen molar-refractivity contribution >= 4 is 22.6 Å². The minimum absolute atomic E-state index is 0.0346. The zero-order valence-corrected chi connectivity index (χ0v) is 17.1. The Kier molecular flexibility index (Phi) is 5.22. The first-order valence-electron chi connectivity index (χ1n) is 9.60. The van der Waals surface area contributed by atoms with Gasteiger partial charge >= 0.3 is 5.97 Å². The minimum atomic E-state index is -0.345. The Morgan fingerprint density at radius 3 is 2.73 bits per heavy atom. The Morgan fingerprint density at radius 1 is 1.13 bits per heavy atom. The maximum atomic E-state index is 12.6. The number of fused-ring (bicyclic) bond motifs is 3. The Labute approximate surface area is 172 Å². The van der Waals surface area contributed by atoms with Crippen molar-refractivity contribution in [3.05, 3.63) is 69.8 Å². The molecule has 0 aliphatic rings. The number of esters is 1. The van der Waals surface area contributed by atoms with Crippen molar-refractivity contribution in [1.29, 1.82) is 0 Å². The van der Waals surface area contributed by atoms with Crippen LogP contribution in [-0.4, -0.2) is 32.2 Å². The van der Waals surface area contributed by atoms with Gasteiger partial charge in [-0.25, -0.2) is 0 Å². The van der Waals surface area contributed by atoms with Crippen LogP contribution in [0.1, 0.15) is 23.4 Å². The van der Waals surface area contributed by atoms with Crippen molar-refractivity contribution in [3.63, 3.8) is 0 Å². The molecule has 0 aliphatic carbocycles. The Hall–Kier alpha value is -3.68. The van der Waals surface area contributed by atoms with Gasteiger partial charge in [0, 0.05) is 13.5 Å². The van der Waals surface area contributed by atoms with E-state index in [2.05, 4.69) is 10.2 Å². The largest absolute Gasteiger partial charge is 0.496 e. The average Bonchev–Trinajstić information content (AvgIpc) is 3.19. The van der Waals surface area contributed by atoms with E-state index in [-0.39, 0.29) is 24.6 Å². The summed E-state index contributed by atoms with van der Waals surface area (Å²) in [5, 5.41) is 8.82. The van der Waals surface area contributed by atoms with Crippen LogP contribution in [0, 0.1) is 6.92 Å². The molecule has 0 fully saturated rings. The quantitative estimate of drug-likeness (QED) is 0.458. The molecule has 2 aromatic heterocycles. The van der Waals surface area contributed by atoms with Crippen LogP contribution in [-0.2, 0) is 29.6 Å². The topological polar surface area (TPSA) is 87.7 Å². The molecule has 0 spiro atoms. The number of rotatable bonds is 6. The predicted molar refractivity (Wildman–Crippen MR) is 112 cm³/mol. The monoisotopic (exact) mass is 406 g/mol. The molecule has 0 radical (unpaired) electrons. The fourth-order valence-corrected chi connectivity index (χ4v) is 3.52. The number of aryl methyl sites for hydroxylation is 3. The first-order valence-corrected chi connectivity index (χ1v) is 9.60. The summed E-state index contributed by atoms with van der Waals surface area (Å²) in [6.45, 7) is 1.90. The number of benzene rings is 2. The van der Waals surface area contributed by atoms with Gasteiger partial charge in [0.05, 0.1) is 18.0 Å². The van der Waals surface area contributed by atoms with E-state index in [1.807, 2.05) is 49.4 Å². The zero-order valence-electron chi connectivity index (χ0n) is 17.1. The third kappa shape index (κ3) is 3.52. The summed E-state index contributed by atoms with van der Waals surface area (Å²) in [6.07, 6.45) is 0.732. The van der Waals surface area contributed by atoms with Crippen LogP contribution < -0.4 is 10.3 Å². The summed E-state index contributed by atoms with van der Waals surface area (Å²) in [7, 11) is 3.25. The number of hydrogen-bond acceptors (Lipinski definition) is 6. The van der Waals surface area contributed by atoms with Gasteiger partial charge in [-0.2, -0.15) is 0 Å². The molecular weight excluding hydrogens is 384 g/mol. The molecule has 8 heteroatoms. The SMILES string of the molecule is COc1ccccc1CCC(=O)OCc1nnc2n(C)c(=O)c3cc(C)ccc3n12. The van der Waals surface area contributed by atoms with Gasteiger partial charge in [0.1, 0.15) is 5.75 Å². The van der Waals surface area contributed by atoms with Crippen LogP contribution >= 0.6 is 0 Å². The number of methoxy groups -OCH3 is 1. The molecule has 4 aromatic rings. The third-order valence-electron chi connectivity index (χ3n) is 5.09. The van der Waals surface area contributed by atoms with Gasteiger partial charge in [-0.05, 0) is 37.1 Å². The lowest BCUT2D eigenvalue weighted by atomic mass is 10.1. The maximum absolute atomic E-state index is 12.6. The van der Waals surface area contributed by atoms with Gasteiger partial charge in [0.2, 0.25) is 5.78 Å². The maximum Gasteiger partial charge on any atom is 0.306 e. The van der Waals surface area contributed by atoms with Crippen LogP contribution in [0.2, 0.25) is 0 Å². The first-order chi connectivity index (χ1) is 14.5. The van der Waals surface area contributed by atoms with Gasteiger partial charge in [-0.1, -0.05) is 29.8 Å². The molecule has 2 aromatic carbocycles. The number of carbonyl (C=O) groups is 1. The van der Waals surface area contributed by atoms with Gasteiger partial charge in [-0.3, -0.25) is 18.6 Å². The number of aromatic nitrogens is 4. The molecule has 8 nitrogen and oxygen atoms in total. The number of nitrogens with zero attached hydrogens (tertiary/aromatic N) is 4. The van der Waals surface area contributed by atoms with Crippen LogP contribution in [0.5, 0.6) is 5.75 Å². The van der Waals surface area contributed by atoms with Gasteiger partial charge in [0.15, 0.2) is 12.4 Å². The molecule has 0 saturated heterocycles. The van der Waals surface area contributed by atoms with Crippen LogP contribution in [0.25, 0.3) is 16.7 Å². The number of carbonyl (C=O) groups excluding carboxylic acids is 1. The highest BCUT2D eigenvalue weighted by atomic mass is 16.5. The number of para-hydroxylation sites is 1. The van der Waals surface area contributed by atoms with Gasteiger partial charge < -0.3 is 9.47 Å². The van der Waals surface area contributed by atoms with E-state index in [0.29, 0.717) is 28.9 Å². The molecule has 0 aliphatic heterocycles. The van der Waals surface area contributed by atoms with E-state index in [0.717, 1.165) is 16.9 Å². The average molecular weight is 406 g/mol. The van der Waals surface area contributed by atoms with E-state index in [9.17, 15) is 9.59 Å². The van der Waals surface area contributed by atoms with Crippen molar-refractivity contribution < 1.29 is 14.3 Å². The summed E-state index contributed by atoms with van der Waals surface area (Å²) in [5.41, 5.74) is 2.47. The fourth-order valence-electron chi connectivity index (χ4n) is 3.52. The highest BCUT2D eigenvalue weighted by molar-refractivity contribution is 5.81. The molecule has 0 bridgehead atoms. The van der Waals surface area contributed by atoms with Gasteiger partial charge in [0.25, 0.3) is 5.56 Å². The minimum Gasteiger partial charge on any atom is -0.496 e. The van der Waals surface area contributed by atoms with Crippen molar-refractivity contribution in [2.45, 2.75) is 26.4 Å². The molecule has 0 saturated carbocycles. The second-order valence-corrected chi connectivity index (χ2v) is 7.11. The van der Waals surface area contributed by atoms with Gasteiger partial charge in [-0.15, -0.1) is 10.2 Å². The van der Waals surface area contributed by atoms with E-state index in [1.54, 1.807) is 18.6 Å². The van der Waals surface area contributed by atoms with Crippen molar-refractivity contribution in [3.8, 4) is 5.75 Å². The molecule has 0 atom stereocenters. The molecule has 2 heterocycles. The lowest BCUT2D eigenvalue weighted by Gasteiger charge is -2.10. The highest BCUT2D eigenvalue weighted by Gasteiger charge is 2.16. The molecule has 0 N–H and O–H groups in total. The van der Waals surface area contributed by atoms with E-state index in [1.165, 1.54) is 4.57 Å². The Morgan fingerprint density at radius 2 is 1.93 bits per heavy atom. The van der Waals surface area contributed by atoms with Crippen molar-refractivity contribution in [1.82, 2.24) is 19.2 Å². The van der Waals surface area contributed by atoms with Crippen molar-refractivity contribution in [2.24, 2.45) is 7.05 Å². The summed E-state index contributed by atoms with van der Waals surface area (Å²) in [4.78, 5) is 24.9. The summed E-state index contributed by atoms with van der Waals surface area (Å²) < 4.78 is 14.0. The predicted octanol–water partition coefficient (Wildman–Crippen LogP) is 2.57. The lowest BCUT2D eigenvalue weighted by molar-refractivity contribution is -0.145. The highest BCUT2D eigenvalue weighted by Crippen LogP contribution is 2.19. The second kappa shape index (κ2) is 7.98. The zero-order chi connectivity index (χ0) is 21.3. The number of hydrogen-bond donors (Lipinski definition) is 0. The molecule has 0 unspecified atom stereocenters. The van der Waals surface area contributed by atoms with Crippen LogP contribution in [0.15, 0.2) is 47.3 Å². The smallest absolute Gasteiger partial charge is 0.306 e. The normalized spacial score (nSPS) is 11.2. The lowest BCUT2D eigenvalue weighted by Crippen LogP contribution is -2.20. The Bertz CT molecular complexity index is 1310. The summed E-state index contributed by atoms with van der Waals surface area (Å²) >= 11 is 0. The van der Waals surface area contributed by atoms with Crippen molar-refractivity contribution in [2.75, 3.05) is 7.11 Å². The third-order valence-corrected chi connectivity index (χ3v) is 5.09. The van der Waals surface area contributed by atoms with E-state index >= 15 is 0 Å². The van der Waals surface area contributed by atoms with E-state index < -0.39 is 0 Å². The molecule has 4 rings (SSSR count). The Balaban J connectivity index is 1.55. The summed E-state index contributed by atoms with van der Waals surface area (Å²) in [5.74, 6) is 1.26. The molecule has 30 heavy (non-hydrogen) atoms. The van der Waals surface area contributed by atoms with Crippen LogP contribution in [0.4, 0.5) is 0 Å². The fraction of sp³-hybridized carbons (Fsp3) is 0.273. The molecule has 0 amide bonds. The van der Waals surface area contributed by atoms with Crippen LogP contribution in [0.3, 0.4) is 0 Å². The number of ether oxygens (including phenoxy) is 2.